The third kappa shape index (κ3) is 19.0. The zero-order valence-corrected chi connectivity index (χ0v) is 12.7. The van der Waals surface area contributed by atoms with Crippen LogP contribution in [0.2, 0.25) is 0 Å². The summed E-state index contributed by atoms with van der Waals surface area (Å²) >= 11 is 4.26. The van der Waals surface area contributed by atoms with Crippen molar-refractivity contribution >= 4 is 109 Å². The van der Waals surface area contributed by atoms with Crippen molar-refractivity contribution in [3.63, 3.8) is 0 Å². The molecule has 16 heteroatoms. The standard InChI is InChI=1S/C6H11N2O8PS.ClH.H3N.2Na.2H/c1-3(9)5(11)14-2-4(10)15-17(12,13)16-8-6(7)18;;;;;;/h3,9H,2H2,1H3,(H,12,13)(H3,7,8,18);1H;1H3;;;;. The molecular weight excluding hydrogens is 387 g/mol. The quantitative estimate of drug-likeness (QED) is 0.104. The van der Waals surface area contributed by atoms with Gasteiger partial charge in [-0.1, -0.05) is 0 Å². The van der Waals surface area contributed by atoms with Gasteiger partial charge in [-0.15, -0.1) is 12.4 Å². The Morgan fingerprint density at radius 3 is 2.23 bits per heavy atom. The summed E-state index contributed by atoms with van der Waals surface area (Å²) in [6, 6.07) is 0. The van der Waals surface area contributed by atoms with Gasteiger partial charge in [-0.25, -0.2) is 19.6 Å². The third-order valence-corrected chi connectivity index (χ3v) is 1.99. The molecule has 0 fully saturated rings. The summed E-state index contributed by atoms with van der Waals surface area (Å²) in [4.78, 5) is 30.6. The first-order valence-corrected chi connectivity index (χ1v) is 6.18. The van der Waals surface area contributed by atoms with E-state index in [9.17, 15) is 14.2 Å². The number of phosphoric ester groups is 1. The first kappa shape index (κ1) is 34.4. The molecule has 0 spiro atoms. The van der Waals surface area contributed by atoms with Crippen LogP contribution in [0, 0.1) is 0 Å². The van der Waals surface area contributed by atoms with E-state index in [2.05, 4.69) is 26.1 Å². The number of carbonyl (C=O) groups is 2. The van der Waals surface area contributed by atoms with Crippen LogP contribution >= 0.6 is 32.4 Å². The summed E-state index contributed by atoms with van der Waals surface area (Å²) in [5.74, 6) is -2.46. The Kier molecular flexibility index (Phi) is 26.3. The Labute approximate surface area is 182 Å². The molecule has 2 atom stereocenters. The Bertz CT molecular complexity index is 404. The number of esters is 1. The predicted octanol–water partition coefficient (Wildman–Crippen LogP) is -2.39. The fraction of sp³-hybridized carbons (Fsp3) is 0.500. The number of halogens is 1. The first-order chi connectivity index (χ1) is 8.14. The van der Waals surface area contributed by atoms with Gasteiger partial charge in [-0.05, 0) is 19.1 Å². The Balaban J connectivity index is -0.000000241. The number of hydrogen-bond donors (Lipinski definition) is 5. The molecule has 8 N–H and O–H groups in total. The van der Waals surface area contributed by atoms with Crippen molar-refractivity contribution in [3.05, 3.63) is 0 Å². The van der Waals surface area contributed by atoms with Crippen molar-refractivity contribution in [2.75, 3.05) is 6.61 Å². The molecule has 0 aromatic rings. The number of hydrogen-bond acceptors (Lipinski definition) is 9. The van der Waals surface area contributed by atoms with Crippen molar-refractivity contribution in [2.24, 2.45) is 5.73 Å². The van der Waals surface area contributed by atoms with E-state index >= 15 is 0 Å². The van der Waals surface area contributed by atoms with E-state index in [0.717, 1.165) is 6.92 Å². The number of nitrogens with two attached hydrogens (primary N) is 1. The van der Waals surface area contributed by atoms with Gasteiger partial charge >= 0.3 is 78.9 Å². The third-order valence-electron chi connectivity index (χ3n) is 1.15. The molecule has 2 unspecified atom stereocenters. The SMILES string of the molecule is CC(O)C(=O)OCC(=O)OP(=O)(O)ONC(N)=S.Cl.N.[NaH].[NaH]. The number of aliphatic hydroxyl groups excluding tert-OH is 1. The normalized spacial score (nSPS) is 12.3. The van der Waals surface area contributed by atoms with Gasteiger partial charge in [0.2, 0.25) is 0 Å². The van der Waals surface area contributed by atoms with Gasteiger partial charge in [0, 0.05) is 0 Å². The summed E-state index contributed by atoms with van der Waals surface area (Å²) in [6.07, 6.45) is -1.44. The number of carbonyl (C=O) groups excluding carboxylic acids is 2. The van der Waals surface area contributed by atoms with Crippen molar-refractivity contribution in [3.8, 4) is 0 Å². The molecule has 124 valence electrons. The van der Waals surface area contributed by atoms with Crippen LogP contribution in [0.5, 0.6) is 0 Å². The van der Waals surface area contributed by atoms with Crippen LogP contribution < -0.4 is 17.4 Å². The van der Waals surface area contributed by atoms with Gasteiger partial charge in [0.05, 0.1) is 0 Å². The average molecular weight is 404 g/mol. The van der Waals surface area contributed by atoms with Crippen LogP contribution in [0.3, 0.4) is 0 Å². The minimum atomic E-state index is -4.77. The maximum absolute atomic E-state index is 11.0. The molecule has 0 saturated carbocycles. The molecular formula is C6H17ClN3Na2O8PS. The van der Waals surface area contributed by atoms with Gasteiger partial charge in [0.25, 0.3) is 0 Å². The summed E-state index contributed by atoms with van der Waals surface area (Å²) in [7, 11) is -4.77. The fourth-order valence-electron chi connectivity index (χ4n) is 0.527. The zero-order valence-electron chi connectivity index (χ0n) is 10.2. The summed E-state index contributed by atoms with van der Waals surface area (Å²) in [6.45, 7) is 0.143. The van der Waals surface area contributed by atoms with Crippen LogP contribution in [0.15, 0.2) is 0 Å². The van der Waals surface area contributed by atoms with Crippen molar-refractivity contribution < 1.29 is 38.0 Å². The number of nitrogens with one attached hydrogen (secondary N) is 1. The van der Waals surface area contributed by atoms with Gasteiger partial charge in [0.1, 0.15) is 6.10 Å². The number of aliphatic hydroxyl groups is 1. The second kappa shape index (κ2) is 16.8. The molecule has 0 aromatic carbocycles. The second-order valence-corrected chi connectivity index (χ2v) is 4.52. The molecule has 0 radical (unpaired) electrons. The Morgan fingerprint density at radius 1 is 1.41 bits per heavy atom. The Morgan fingerprint density at radius 2 is 1.86 bits per heavy atom. The van der Waals surface area contributed by atoms with Crippen molar-refractivity contribution in [1.82, 2.24) is 11.6 Å². The van der Waals surface area contributed by atoms with Crippen LogP contribution in [-0.4, -0.2) is 98.9 Å². The predicted molar refractivity (Wildman–Crippen MR) is 86.1 cm³/mol. The fourth-order valence-corrected chi connectivity index (χ4v) is 1.19. The van der Waals surface area contributed by atoms with E-state index in [1.165, 1.54) is 0 Å². The first-order valence-electron chi connectivity index (χ1n) is 4.28. The van der Waals surface area contributed by atoms with E-state index in [-0.39, 0.29) is 77.7 Å². The molecule has 0 heterocycles. The number of phosphoric acid groups is 1. The molecule has 11 nitrogen and oxygen atoms in total. The average Bonchev–Trinajstić information content (AvgIpc) is 2.22. The summed E-state index contributed by atoms with van der Waals surface area (Å²) in [5.41, 5.74) is 6.53. The van der Waals surface area contributed by atoms with Crippen LogP contribution in [-0.2, 0) is 28.0 Å². The maximum atomic E-state index is 11.0. The molecule has 0 amide bonds. The van der Waals surface area contributed by atoms with Crippen molar-refractivity contribution in [2.45, 2.75) is 13.0 Å². The number of ether oxygens (including phenoxy) is 1. The Hall–Kier alpha value is 0.990. The van der Waals surface area contributed by atoms with E-state index in [1.54, 1.807) is 5.48 Å². The van der Waals surface area contributed by atoms with Gasteiger partial charge in [0.15, 0.2) is 11.7 Å². The van der Waals surface area contributed by atoms with E-state index in [1.807, 2.05) is 0 Å². The van der Waals surface area contributed by atoms with E-state index in [4.69, 9.17) is 15.7 Å². The van der Waals surface area contributed by atoms with Gasteiger partial charge in [-0.3, -0.25) is 4.89 Å². The summed E-state index contributed by atoms with van der Waals surface area (Å²) in [5, 5.41) is 8.26. The topological polar surface area (TPSA) is 192 Å². The second-order valence-electron chi connectivity index (χ2n) is 2.77. The number of hydroxylamine groups is 1. The molecule has 0 bridgehead atoms. The number of thiocarbonyl (C=S) groups is 1. The van der Waals surface area contributed by atoms with Crippen LogP contribution in [0.25, 0.3) is 0 Å². The molecule has 0 aromatic heterocycles. The molecule has 0 aliphatic carbocycles. The number of rotatable bonds is 6. The van der Waals surface area contributed by atoms with Crippen molar-refractivity contribution in [1.29, 1.82) is 0 Å². The van der Waals surface area contributed by atoms with E-state index in [0.29, 0.717) is 0 Å². The summed E-state index contributed by atoms with van der Waals surface area (Å²) < 4.78 is 23.2. The minimum absolute atomic E-state index is 0. The molecule has 0 rings (SSSR count). The van der Waals surface area contributed by atoms with Gasteiger partial charge < -0.3 is 26.3 Å². The molecule has 0 aliphatic heterocycles. The van der Waals surface area contributed by atoms with Crippen LogP contribution in [0.1, 0.15) is 6.92 Å². The monoisotopic (exact) mass is 403 g/mol. The van der Waals surface area contributed by atoms with Crippen LogP contribution in [0.4, 0.5) is 0 Å². The molecule has 22 heavy (non-hydrogen) atoms. The van der Waals surface area contributed by atoms with Gasteiger partial charge in [-0.2, -0.15) is 4.62 Å². The molecule has 0 aliphatic rings. The zero-order chi connectivity index (χ0) is 14.3. The van der Waals surface area contributed by atoms with E-state index < -0.39 is 37.6 Å². The molecule has 0 saturated heterocycles.